The molecule has 0 bridgehead atoms. The molecule has 1 aromatic heterocycles. The lowest BCUT2D eigenvalue weighted by atomic mass is 10.2. The predicted octanol–water partition coefficient (Wildman–Crippen LogP) is 1.93. The zero-order chi connectivity index (χ0) is 8.27. The first-order valence-corrected chi connectivity index (χ1v) is 3.33. The van der Waals surface area contributed by atoms with Crippen molar-refractivity contribution >= 4 is 16.8 Å². The van der Waals surface area contributed by atoms with Crippen LogP contribution in [0.3, 0.4) is 0 Å². The van der Waals surface area contributed by atoms with Crippen LogP contribution in [0, 0.1) is 0 Å². The number of nitrogens with zero attached hydrogens (tertiary/aromatic N) is 1. The first-order chi connectivity index (χ1) is 5.25. The van der Waals surface area contributed by atoms with E-state index in [0.717, 1.165) is 0 Å². The zero-order valence-electron chi connectivity index (χ0n) is 5.55. The van der Waals surface area contributed by atoms with Crippen LogP contribution < -0.4 is 0 Å². The minimum atomic E-state index is -0.769. The molecule has 58 valence electrons. The topological polar surface area (TPSA) is 30.0 Å². The molecule has 0 fully saturated rings. The third-order valence-corrected chi connectivity index (χ3v) is 1.43. The Morgan fingerprint density at radius 1 is 1.73 bits per heavy atom. The number of pyridine rings is 1. The van der Waals surface area contributed by atoms with Crippen LogP contribution >= 0.6 is 11.6 Å². The van der Waals surface area contributed by atoms with Crippen LogP contribution in [-0.2, 0) is 6.67 Å². The third-order valence-electron chi connectivity index (χ3n) is 1.23. The Balaban J connectivity index is 3.12. The van der Waals surface area contributed by atoms with Crippen molar-refractivity contribution < 1.29 is 9.18 Å². The molecule has 4 heteroatoms. The van der Waals surface area contributed by atoms with Gasteiger partial charge in [-0.3, -0.25) is 9.78 Å². The number of carbonyl (C=O) groups excluding carboxylic acids is 1. The highest BCUT2D eigenvalue weighted by Gasteiger charge is 2.07. The standard InChI is InChI=1S/C7H5ClFNO/c8-7(11)5-2-1-3-10-6(5)4-9/h1-3H,4H2. The molecule has 11 heavy (non-hydrogen) atoms. The van der Waals surface area contributed by atoms with Gasteiger partial charge in [0.15, 0.2) is 0 Å². The van der Waals surface area contributed by atoms with Crippen molar-refractivity contribution in [1.82, 2.24) is 4.98 Å². The van der Waals surface area contributed by atoms with Crippen LogP contribution in [0.15, 0.2) is 18.3 Å². The lowest BCUT2D eigenvalue weighted by Gasteiger charge is -1.97. The summed E-state index contributed by atoms with van der Waals surface area (Å²) in [6, 6.07) is 2.98. The molecule has 0 aliphatic rings. The van der Waals surface area contributed by atoms with E-state index < -0.39 is 11.9 Å². The molecule has 2 nitrogen and oxygen atoms in total. The molecule has 0 spiro atoms. The molecule has 0 saturated heterocycles. The summed E-state index contributed by atoms with van der Waals surface area (Å²) < 4.78 is 12.1. The predicted molar refractivity (Wildman–Crippen MR) is 39.2 cm³/mol. The van der Waals surface area contributed by atoms with Gasteiger partial charge in [-0.25, -0.2) is 4.39 Å². The molecule has 1 heterocycles. The SMILES string of the molecule is O=C(Cl)c1cccnc1CF. The Morgan fingerprint density at radius 2 is 2.45 bits per heavy atom. The molecule has 0 saturated carbocycles. The van der Waals surface area contributed by atoms with Crippen molar-refractivity contribution in [3.63, 3.8) is 0 Å². The second-order valence-electron chi connectivity index (χ2n) is 1.90. The van der Waals surface area contributed by atoms with E-state index in [1.54, 1.807) is 0 Å². The van der Waals surface area contributed by atoms with E-state index in [2.05, 4.69) is 4.98 Å². The van der Waals surface area contributed by atoms with Gasteiger partial charge in [-0.1, -0.05) is 0 Å². The van der Waals surface area contributed by atoms with Crippen molar-refractivity contribution in [3.8, 4) is 0 Å². The average molecular weight is 174 g/mol. The summed E-state index contributed by atoms with van der Waals surface area (Å²) >= 11 is 5.14. The Kier molecular flexibility index (Phi) is 2.54. The molecular formula is C7H5ClFNO. The van der Waals surface area contributed by atoms with Gasteiger partial charge in [0.1, 0.15) is 6.67 Å². The van der Waals surface area contributed by atoms with Crippen molar-refractivity contribution in [2.45, 2.75) is 6.67 Å². The Labute approximate surface area is 68.0 Å². The lowest BCUT2D eigenvalue weighted by molar-refractivity contribution is 0.107. The van der Waals surface area contributed by atoms with E-state index in [0.29, 0.717) is 0 Å². The highest BCUT2D eigenvalue weighted by molar-refractivity contribution is 6.67. The molecule has 0 aliphatic heterocycles. The van der Waals surface area contributed by atoms with E-state index in [1.807, 2.05) is 0 Å². The van der Waals surface area contributed by atoms with Crippen LogP contribution in [-0.4, -0.2) is 10.2 Å². The lowest BCUT2D eigenvalue weighted by Crippen LogP contribution is -1.97. The first-order valence-electron chi connectivity index (χ1n) is 2.95. The number of halogens is 2. The van der Waals surface area contributed by atoms with E-state index in [-0.39, 0.29) is 11.3 Å². The zero-order valence-corrected chi connectivity index (χ0v) is 6.31. The van der Waals surface area contributed by atoms with Gasteiger partial charge >= 0.3 is 0 Å². The normalized spacial score (nSPS) is 9.64. The molecular weight excluding hydrogens is 169 g/mol. The van der Waals surface area contributed by atoms with E-state index in [1.165, 1.54) is 18.3 Å². The summed E-state index contributed by atoms with van der Waals surface area (Å²) in [6.45, 7) is -0.769. The van der Waals surface area contributed by atoms with Crippen LogP contribution in [0.5, 0.6) is 0 Å². The fourth-order valence-corrected chi connectivity index (χ4v) is 0.896. The van der Waals surface area contributed by atoms with Crippen molar-refractivity contribution in [1.29, 1.82) is 0 Å². The summed E-state index contributed by atoms with van der Waals surface area (Å²) in [5.74, 6) is 0. The van der Waals surface area contributed by atoms with Gasteiger partial charge in [-0.05, 0) is 23.7 Å². The summed E-state index contributed by atoms with van der Waals surface area (Å²) in [5, 5.41) is -0.675. The molecule has 0 radical (unpaired) electrons. The van der Waals surface area contributed by atoms with Gasteiger partial charge in [0.25, 0.3) is 5.24 Å². The minimum absolute atomic E-state index is 0.0903. The number of rotatable bonds is 2. The molecule has 0 amide bonds. The maximum absolute atomic E-state index is 12.1. The quantitative estimate of drug-likeness (QED) is 0.640. The highest BCUT2D eigenvalue weighted by atomic mass is 35.5. The summed E-state index contributed by atoms with van der Waals surface area (Å²) in [4.78, 5) is 14.2. The Morgan fingerprint density at radius 3 is 2.91 bits per heavy atom. The maximum Gasteiger partial charge on any atom is 0.254 e. The molecule has 0 unspecified atom stereocenters. The summed E-state index contributed by atoms with van der Waals surface area (Å²) in [6.07, 6.45) is 1.41. The van der Waals surface area contributed by atoms with Gasteiger partial charge in [0.05, 0.1) is 11.3 Å². The van der Waals surface area contributed by atoms with Crippen molar-refractivity contribution in [3.05, 3.63) is 29.6 Å². The maximum atomic E-state index is 12.1. The monoisotopic (exact) mass is 173 g/mol. The average Bonchev–Trinajstić information content (AvgIpc) is 2.04. The third kappa shape index (κ3) is 1.74. The fourth-order valence-electron chi connectivity index (χ4n) is 0.723. The number of alkyl halides is 1. The van der Waals surface area contributed by atoms with E-state index in [4.69, 9.17) is 11.6 Å². The molecule has 0 aromatic carbocycles. The molecule has 1 aromatic rings. The van der Waals surface area contributed by atoms with Gasteiger partial charge in [0, 0.05) is 6.20 Å². The number of carbonyl (C=O) groups is 1. The molecule has 0 N–H and O–H groups in total. The van der Waals surface area contributed by atoms with Crippen LogP contribution in [0.1, 0.15) is 16.1 Å². The second kappa shape index (κ2) is 3.44. The van der Waals surface area contributed by atoms with Gasteiger partial charge in [0.2, 0.25) is 0 Å². The second-order valence-corrected chi connectivity index (χ2v) is 2.25. The van der Waals surface area contributed by atoms with Crippen molar-refractivity contribution in [2.24, 2.45) is 0 Å². The molecule has 1 rings (SSSR count). The fraction of sp³-hybridized carbons (Fsp3) is 0.143. The highest BCUT2D eigenvalue weighted by Crippen LogP contribution is 2.09. The Bertz CT molecular complexity index is 277. The van der Waals surface area contributed by atoms with Gasteiger partial charge in [-0.15, -0.1) is 0 Å². The van der Waals surface area contributed by atoms with Gasteiger partial charge in [-0.2, -0.15) is 0 Å². The van der Waals surface area contributed by atoms with E-state index >= 15 is 0 Å². The summed E-state index contributed by atoms with van der Waals surface area (Å²) in [7, 11) is 0. The first kappa shape index (κ1) is 8.14. The molecule has 0 aliphatic carbocycles. The minimum Gasteiger partial charge on any atom is -0.276 e. The summed E-state index contributed by atoms with van der Waals surface area (Å²) in [5.41, 5.74) is 0.226. The Hall–Kier alpha value is -0.960. The van der Waals surface area contributed by atoms with Crippen LogP contribution in [0.2, 0.25) is 0 Å². The van der Waals surface area contributed by atoms with Gasteiger partial charge < -0.3 is 0 Å². The largest absolute Gasteiger partial charge is 0.276 e. The van der Waals surface area contributed by atoms with Crippen molar-refractivity contribution in [2.75, 3.05) is 0 Å². The smallest absolute Gasteiger partial charge is 0.254 e. The number of hydrogen-bond donors (Lipinski definition) is 0. The van der Waals surface area contributed by atoms with E-state index in [9.17, 15) is 9.18 Å². The van der Waals surface area contributed by atoms with Crippen LogP contribution in [0.4, 0.5) is 4.39 Å². The van der Waals surface area contributed by atoms with Crippen LogP contribution in [0.25, 0.3) is 0 Å². The number of hydrogen-bond acceptors (Lipinski definition) is 2. The number of aromatic nitrogens is 1. The molecule has 0 atom stereocenters.